The summed E-state index contributed by atoms with van der Waals surface area (Å²) in [5, 5.41) is 2.87. The molecule has 0 fully saturated rings. The predicted molar refractivity (Wildman–Crippen MR) is 47.6 cm³/mol. The highest BCUT2D eigenvalue weighted by Gasteiger charge is 2.00. The van der Waals surface area contributed by atoms with Gasteiger partial charge >= 0.3 is 5.97 Å². The van der Waals surface area contributed by atoms with Gasteiger partial charge in [0.25, 0.3) is 0 Å². The molecule has 5 heteroatoms. The summed E-state index contributed by atoms with van der Waals surface area (Å²) in [4.78, 5) is 10.9. The molecule has 13 heavy (non-hydrogen) atoms. The van der Waals surface area contributed by atoms with Crippen molar-refractivity contribution >= 4 is 5.97 Å². The topological polar surface area (TPSA) is 56.8 Å². The maximum absolute atomic E-state index is 10.9. The predicted octanol–water partition coefficient (Wildman–Crippen LogP) is -0.588. The van der Waals surface area contributed by atoms with Crippen molar-refractivity contribution in [3.05, 3.63) is 0 Å². The lowest BCUT2D eigenvalue weighted by molar-refractivity contribution is -0.143. The molecule has 0 aliphatic carbocycles. The molecule has 0 saturated heterocycles. The molecule has 0 bridgehead atoms. The first-order valence-electron chi connectivity index (χ1n) is 4.15. The van der Waals surface area contributed by atoms with Crippen LogP contribution in [-0.2, 0) is 19.0 Å². The van der Waals surface area contributed by atoms with E-state index in [9.17, 15) is 4.79 Å². The van der Waals surface area contributed by atoms with Crippen LogP contribution in [0.25, 0.3) is 0 Å². The molecule has 0 aromatic carbocycles. The monoisotopic (exact) mass is 191 g/mol. The van der Waals surface area contributed by atoms with Gasteiger partial charge in [-0.2, -0.15) is 0 Å². The third kappa shape index (κ3) is 9.26. The highest BCUT2D eigenvalue weighted by atomic mass is 16.6. The quantitative estimate of drug-likeness (QED) is 0.410. The van der Waals surface area contributed by atoms with Crippen molar-refractivity contribution in [1.29, 1.82) is 0 Å². The van der Waals surface area contributed by atoms with Crippen molar-refractivity contribution in [3.8, 4) is 0 Å². The minimum absolute atomic E-state index is 0.215. The number of nitrogens with one attached hydrogen (secondary N) is 1. The zero-order valence-corrected chi connectivity index (χ0v) is 8.17. The lowest BCUT2D eigenvalue weighted by Crippen LogP contribution is -2.28. The van der Waals surface area contributed by atoms with Crippen LogP contribution in [0.3, 0.4) is 0 Å². The van der Waals surface area contributed by atoms with E-state index in [1.807, 2.05) is 0 Å². The van der Waals surface area contributed by atoms with E-state index in [0.717, 1.165) is 0 Å². The largest absolute Gasteiger partial charge is 0.462 e. The molecular formula is C8H17NO4. The third-order valence-electron chi connectivity index (χ3n) is 1.30. The van der Waals surface area contributed by atoms with E-state index in [4.69, 9.17) is 14.2 Å². The highest BCUT2D eigenvalue weighted by molar-refractivity contribution is 5.71. The molecule has 0 radical (unpaired) electrons. The lowest BCUT2D eigenvalue weighted by Gasteiger charge is -2.04. The minimum atomic E-state index is -0.270. The van der Waals surface area contributed by atoms with E-state index >= 15 is 0 Å². The van der Waals surface area contributed by atoms with Crippen LogP contribution in [0.2, 0.25) is 0 Å². The summed E-state index contributed by atoms with van der Waals surface area (Å²) in [5.41, 5.74) is 0. The average Bonchev–Trinajstić information content (AvgIpc) is 2.13. The Morgan fingerprint density at radius 3 is 2.46 bits per heavy atom. The Morgan fingerprint density at radius 2 is 1.85 bits per heavy atom. The smallest absolute Gasteiger partial charge is 0.320 e. The summed E-state index contributed by atoms with van der Waals surface area (Å²) >= 11 is 0. The number of hydrogen-bond donors (Lipinski definition) is 1. The van der Waals surface area contributed by atoms with Crippen molar-refractivity contribution in [2.24, 2.45) is 0 Å². The number of carbonyl (C=O) groups is 1. The molecule has 0 amide bonds. The summed E-state index contributed by atoms with van der Waals surface area (Å²) < 4.78 is 14.3. The fraction of sp³-hybridized carbons (Fsp3) is 0.875. The highest BCUT2D eigenvalue weighted by Crippen LogP contribution is 1.77. The summed E-state index contributed by atoms with van der Waals surface area (Å²) in [7, 11) is 3.17. The summed E-state index contributed by atoms with van der Waals surface area (Å²) in [6, 6.07) is 0. The van der Waals surface area contributed by atoms with Crippen LogP contribution in [0.15, 0.2) is 0 Å². The van der Waals surface area contributed by atoms with E-state index in [1.54, 1.807) is 14.2 Å². The zero-order valence-electron chi connectivity index (χ0n) is 8.17. The molecule has 0 aromatic rings. The van der Waals surface area contributed by atoms with Gasteiger partial charge < -0.3 is 19.5 Å². The van der Waals surface area contributed by atoms with E-state index in [-0.39, 0.29) is 12.5 Å². The zero-order chi connectivity index (χ0) is 9.94. The van der Waals surface area contributed by atoms with Crippen LogP contribution in [0.4, 0.5) is 0 Å². The second-order valence-corrected chi connectivity index (χ2v) is 2.38. The number of carbonyl (C=O) groups excluding carboxylic acids is 1. The van der Waals surface area contributed by atoms with Crippen molar-refractivity contribution in [2.75, 3.05) is 47.1 Å². The molecule has 0 spiro atoms. The van der Waals surface area contributed by atoms with Gasteiger partial charge in [-0.25, -0.2) is 0 Å². The van der Waals surface area contributed by atoms with Crippen molar-refractivity contribution in [2.45, 2.75) is 0 Å². The van der Waals surface area contributed by atoms with Gasteiger partial charge in [0, 0.05) is 20.8 Å². The Morgan fingerprint density at radius 1 is 1.15 bits per heavy atom. The molecule has 1 N–H and O–H groups in total. The summed E-state index contributed by atoms with van der Waals surface area (Å²) in [5.74, 6) is -0.270. The summed E-state index contributed by atoms with van der Waals surface area (Å²) in [6.07, 6.45) is 0. The molecule has 0 aromatic heterocycles. The third-order valence-corrected chi connectivity index (χ3v) is 1.30. The Bertz CT molecular complexity index is 129. The van der Waals surface area contributed by atoms with Gasteiger partial charge in [-0.15, -0.1) is 0 Å². The molecule has 5 nitrogen and oxygen atoms in total. The van der Waals surface area contributed by atoms with E-state index in [1.165, 1.54) is 0 Å². The maximum atomic E-state index is 10.9. The Kier molecular flexibility index (Phi) is 8.97. The number of rotatable bonds is 8. The van der Waals surface area contributed by atoms with Gasteiger partial charge in [0.15, 0.2) is 0 Å². The maximum Gasteiger partial charge on any atom is 0.320 e. The fourth-order valence-corrected chi connectivity index (χ4v) is 0.655. The van der Waals surface area contributed by atoms with Crippen molar-refractivity contribution in [1.82, 2.24) is 5.32 Å². The number of ether oxygens (including phenoxy) is 3. The first kappa shape index (κ1) is 12.3. The second-order valence-electron chi connectivity index (χ2n) is 2.38. The van der Waals surface area contributed by atoms with Crippen molar-refractivity contribution < 1.29 is 19.0 Å². The lowest BCUT2D eigenvalue weighted by atomic mass is 10.6. The van der Waals surface area contributed by atoms with Gasteiger partial charge in [-0.05, 0) is 0 Å². The van der Waals surface area contributed by atoms with Crippen LogP contribution < -0.4 is 5.32 Å². The fourth-order valence-electron chi connectivity index (χ4n) is 0.655. The Hall–Kier alpha value is -0.650. The Balaban J connectivity index is 3.11. The summed E-state index contributed by atoms with van der Waals surface area (Å²) in [6.45, 7) is 2.19. The average molecular weight is 191 g/mol. The van der Waals surface area contributed by atoms with Gasteiger partial charge in [-0.1, -0.05) is 0 Å². The SMILES string of the molecule is COCCNCC(=O)OCCOC. The van der Waals surface area contributed by atoms with Crippen LogP contribution >= 0.6 is 0 Å². The standard InChI is InChI=1S/C8H17NO4/c1-11-4-3-9-7-8(10)13-6-5-12-2/h9H,3-7H2,1-2H3. The molecule has 0 heterocycles. The minimum Gasteiger partial charge on any atom is -0.462 e. The number of methoxy groups -OCH3 is 2. The first-order chi connectivity index (χ1) is 6.31. The number of esters is 1. The molecule has 0 aliphatic heterocycles. The molecular weight excluding hydrogens is 174 g/mol. The van der Waals surface area contributed by atoms with E-state index in [2.05, 4.69) is 5.32 Å². The molecule has 0 saturated carbocycles. The van der Waals surface area contributed by atoms with Crippen LogP contribution in [0.1, 0.15) is 0 Å². The van der Waals surface area contributed by atoms with Gasteiger partial charge in [-0.3, -0.25) is 4.79 Å². The van der Waals surface area contributed by atoms with Crippen LogP contribution in [0, 0.1) is 0 Å². The van der Waals surface area contributed by atoms with Gasteiger partial charge in [0.1, 0.15) is 6.61 Å². The second kappa shape index (κ2) is 9.44. The van der Waals surface area contributed by atoms with Crippen molar-refractivity contribution in [3.63, 3.8) is 0 Å². The van der Waals surface area contributed by atoms with Crippen LogP contribution in [0.5, 0.6) is 0 Å². The number of hydrogen-bond acceptors (Lipinski definition) is 5. The normalized spacial score (nSPS) is 10.0. The molecule has 0 rings (SSSR count). The molecule has 0 aliphatic rings. The van der Waals surface area contributed by atoms with Crippen LogP contribution in [-0.4, -0.2) is 53.1 Å². The molecule has 78 valence electrons. The first-order valence-corrected chi connectivity index (χ1v) is 4.15. The molecule has 0 unspecified atom stereocenters. The van der Waals surface area contributed by atoms with Gasteiger partial charge in [0.2, 0.25) is 0 Å². The Labute approximate surface area is 78.3 Å². The van der Waals surface area contributed by atoms with E-state index in [0.29, 0.717) is 26.4 Å². The van der Waals surface area contributed by atoms with E-state index < -0.39 is 0 Å². The van der Waals surface area contributed by atoms with Gasteiger partial charge in [0.05, 0.1) is 19.8 Å². The molecule has 0 atom stereocenters.